The van der Waals surface area contributed by atoms with Crippen molar-refractivity contribution in [3.05, 3.63) is 23.4 Å². The highest BCUT2D eigenvalue weighted by molar-refractivity contribution is 6.30. The summed E-state index contributed by atoms with van der Waals surface area (Å²) in [6.45, 7) is 0. The molecule has 1 aliphatic carbocycles. The van der Waals surface area contributed by atoms with Crippen LogP contribution < -0.4 is 11.1 Å². The number of halogens is 1. The van der Waals surface area contributed by atoms with Gasteiger partial charge in [0.05, 0.1) is 5.02 Å². The molecule has 4 heteroatoms. The van der Waals surface area contributed by atoms with Gasteiger partial charge in [0, 0.05) is 18.3 Å². The van der Waals surface area contributed by atoms with Crippen molar-refractivity contribution in [2.45, 2.75) is 37.8 Å². The number of rotatable bonds is 2. The highest BCUT2D eigenvalue weighted by Gasteiger charge is 2.18. The minimum Gasteiger partial charge on any atom is -0.367 e. The van der Waals surface area contributed by atoms with Gasteiger partial charge < -0.3 is 11.1 Å². The standard InChI is InChI=1S/C11H16ClN3/c12-8-1-6-11(14-7-8)15-10-4-2-9(13)3-5-10/h1,6-7,9-10H,2-5,13H2,(H,14,15). The maximum Gasteiger partial charge on any atom is 0.126 e. The van der Waals surface area contributed by atoms with E-state index in [0.717, 1.165) is 31.5 Å². The third kappa shape index (κ3) is 3.08. The molecular formula is C11H16ClN3. The van der Waals surface area contributed by atoms with Gasteiger partial charge in [-0.3, -0.25) is 0 Å². The van der Waals surface area contributed by atoms with Crippen LogP contribution in [0.15, 0.2) is 18.3 Å². The fourth-order valence-electron chi connectivity index (χ4n) is 1.93. The predicted octanol–water partition coefficient (Wildman–Crippen LogP) is 2.42. The molecule has 0 aromatic carbocycles. The lowest BCUT2D eigenvalue weighted by Crippen LogP contribution is -2.32. The Hall–Kier alpha value is -0.800. The Balaban J connectivity index is 1.89. The van der Waals surface area contributed by atoms with Crippen LogP contribution in [0.5, 0.6) is 0 Å². The molecule has 1 aromatic heterocycles. The largest absolute Gasteiger partial charge is 0.367 e. The summed E-state index contributed by atoms with van der Waals surface area (Å²) in [7, 11) is 0. The summed E-state index contributed by atoms with van der Waals surface area (Å²) in [6, 6.07) is 4.67. The van der Waals surface area contributed by atoms with Gasteiger partial charge in [-0.25, -0.2) is 4.98 Å². The monoisotopic (exact) mass is 225 g/mol. The number of hydrogen-bond acceptors (Lipinski definition) is 3. The van der Waals surface area contributed by atoms with Crippen molar-refractivity contribution >= 4 is 17.4 Å². The van der Waals surface area contributed by atoms with Crippen molar-refractivity contribution in [2.24, 2.45) is 5.73 Å². The Labute approximate surface area is 95.0 Å². The maximum atomic E-state index is 5.85. The van der Waals surface area contributed by atoms with Crippen molar-refractivity contribution < 1.29 is 0 Å². The Morgan fingerprint density at radius 3 is 2.60 bits per heavy atom. The van der Waals surface area contributed by atoms with Gasteiger partial charge in [0.25, 0.3) is 0 Å². The normalized spacial score (nSPS) is 26.3. The van der Waals surface area contributed by atoms with Crippen molar-refractivity contribution in [1.82, 2.24) is 4.98 Å². The first kappa shape index (κ1) is 10.7. The Morgan fingerprint density at radius 1 is 1.27 bits per heavy atom. The first-order chi connectivity index (χ1) is 7.24. The fourth-order valence-corrected chi connectivity index (χ4v) is 2.05. The molecule has 0 saturated heterocycles. The van der Waals surface area contributed by atoms with Crippen LogP contribution in [0.2, 0.25) is 5.02 Å². The quantitative estimate of drug-likeness (QED) is 0.813. The molecule has 3 nitrogen and oxygen atoms in total. The number of nitrogens with two attached hydrogens (primary N) is 1. The number of anilines is 1. The molecule has 15 heavy (non-hydrogen) atoms. The second-order valence-electron chi connectivity index (χ2n) is 4.12. The van der Waals surface area contributed by atoms with Crippen LogP contribution in [0.1, 0.15) is 25.7 Å². The third-order valence-electron chi connectivity index (χ3n) is 2.85. The summed E-state index contributed by atoms with van der Waals surface area (Å²) < 4.78 is 0. The van der Waals surface area contributed by atoms with E-state index < -0.39 is 0 Å². The molecule has 1 aliphatic rings. The van der Waals surface area contributed by atoms with Crippen molar-refractivity contribution in [3.8, 4) is 0 Å². The molecule has 0 bridgehead atoms. The minimum absolute atomic E-state index is 0.390. The van der Waals surface area contributed by atoms with Crippen LogP contribution in [0.4, 0.5) is 5.82 Å². The van der Waals surface area contributed by atoms with Crippen LogP contribution in [-0.4, -0.2) is 17.1 Å². The second kappa shape index (κ2) is 4.81. The van der Waals surface area contributed by atoms with E-state index in [0.29, 0.717) is 17.1 Å². The lowest BCUT2D eigenvalue weighted by Gasteiger charge is -2.27. The molecule has 82 valence electrons. The van der Waals surface area contributed by atoms with Gasteiger partial charge >= 0.3 is 0 Å². The second-order valence-corrected chi connectivity index (χ2v) is 4.55. The smallest absolute Gasteiger partial charge is 0.126 e. The first-order valence-corrected chi connectivity index (χ1v) is 5.75. The maximum absolute atomic E-state index is 5.85. The van der Waals surface area contributed by atoms with Crippen LogP contribution in [0.25, 0.3) is 0 Å². The van der Waals surface area contributed by atoms with Gasteiger partial charge in [0.1, 0.15) is 5.82 Å². The van der Waals surface area contributed by atoms with E-state index in [1.807, 2.05) is 12.1 Å². The summed E-state index contributed by atoms with van der Waals surface area (Å²) in [6.07, 6.45) is 6.13. The van der Waals surface area contributed by atoms with Crippen LogP contribution in [0, 0.1) is 0 Å². The SMILES string of the molecule is NC1CCC(Nc2ccc(Cl)cn2)CC1. The molecule has 0 unspecified atom stereocenters. The van der Waals surface area contributed by atoms with Gasteiger partial charge in [-0.2, -0.15) is 0 Å². The zero-order chi connectivity index (χ0) is 10.7. The summed E-state index contributed by atoms with van der Waals surface area (Å²) in [5.74, 6) is 0.903. The molecule has 2 rings (SSSR count). The molecule has 3 N–H and O–H groups in total. The zero-order valence-corrected chi connectivity index (χ0v) is 9.37. The zero-order valence-electron chi connectivity index (χ0n) is 8.62. The van der Waals surface area contributed by atoms with Crippen molar-refractivity contribution in [1.29, 1.82) is 0 Å². The van der Waals surface area contributed by atoms with Gasteiger partial charge in [0.2, 0.25) is 0 Å². The topological polar surface area (TPSA) is 50.9 Å². The molecule has 1 heterocycles. The minimum atomic E-state index is 0.390. The lowest BCUT2D eigenvalue weighted by molar-refractivity contribution is 0.410. The third-order valence-corrected chi connectivity index (χ3v) is 3.07. The van der Waals surface area contributed by atoms with E-state index in [2.05, 4.69) is 10.3 Å². The summed E-state index contributed by atoms with van der Waals surface area (Å²) in [5.41, 5.74) is 5.85. The van der Waals surface area contributed by atoms with Gasteiger partial charge in [-0.05, 0) is 37.8 Å². The van der Waals surface area contributed by atoms with E-state index in [9.17, 15) is 0 Å². The Kier molecular flexibility index (Phi) is 3.44. The number of aromatic nitrogens is 1. The first-order valence-electron chi connectivity index (χ1n) is 5.38. The average molecular weight is 226 g/mol. The van der Waals surface area contributed by atoms with Crippen molar-refractivity contribution in [2.75, 3.05) is 5.32 Å². The Morgan fingerprint density at radius 2 is 2.00 bits per heavy atom. The number of nitrogens with one attached hydrogen (secondary N) is 1. The molecule has 0 radical (unpaired) electrons. The summed E-state index contributed by atoms with van der Waals surface area (Å²) >= 11 is 5.77. The van der Waals surface area contributed by atoms with E-state index in [-0.39, 0.29) is 0 Å². The van der Waals surface area contributed by atoms with Crippen LogP contribution >= 0.6 is 11.6 Å². The number of hydrogen-bond donors (Lipinski definition) is 2. The van der Waals surface area contributed by atoms with E-state index in [1.54, 1.807) is 6.20 Å². The number of nitrogens with zero attached hydrogens (tertiary/aromatic N) is 1. The number of pyridine rings is 1. The molecule has 1 fully saturated rings. The highest BCUT2D eigenvalue weighted by Crippen LogP contribution is 2.20. The van der Waals surface area contributed by atoms with E-state index in [4.69, 9.17) is 17.3 Å². The molecule has 0 aliphatic heterocycles. The summed E-state index contributed by atoms with van der Waals surface area (Å²) in [4.78, 5) is 4.22. The molecule has 0 atom stereocenters. The average Bonchev–Trinajstić information content (AvgIpc) is 2.25. The van der Waals surface area contributed by atoms with Crippen molar-refractivity contribution in [3.63, 3.8) is 0 Å². The van der Waals surface area contributed by atoms with E-state index >= 15 is 0 Å². The summed E-state index contributed by atoms with van der Waals surface area (Å²) in [5, 5.41) is 4.08. The van der Waals surface area contributed by atoms with Crippen LogP contribution in [0.3, 0.4) is 0 Å². The van der Waals surface area contributed by atoms with Crippen LogP contribution in [-0.2, 0) is 0 Å². The van der Waals surface area contributed by atoms with Gasteiger partial charge in [-0.15, -0.1) is 0 Å². The molecular weight excluding hydrogens is 210 g/mol. The van der Waals surface area contributed by atoms with Gasteiger partial charge in [0.15, 0.2) is 0 Å². The predicted molar refractivity (Wildman–Crippen MR) is 63.1 cm³/mol. The lowest BCUT2D eigenvalue weighted by atomic mass is 9.92. The van der Waals surface area contributed by atoms with Gasteiger partial charge in [-0.1, -0.05) is 11.6 Å². The molecule has 0 amide bonds. The molecule has 1 aromatic rings. The molecule has 0 spiro atoms. The fraction of sp³-hybridized carbons (Fsp3) is 0.545. The highest BCUT2D eigenvalue weighted by atomic mass is 35.5. The molecule has 1 saturated carbocycles. The van der Waals surface area contributed by atoms with E-state index in [1.165, 1.54) is 0 Å². The Bertz CT molecular complexity index is 304.